The fourth-order valence-electron chi connectivity index (χ4n) is 3.11. The van der Waals surface area contributed by atoms with Crippen LogP contribution in [0.4, 0.5) is 11.4 Å². The Labute approximate surface area is 203 Å². The number of carbonyl (C=O) groups is 1. The Morgan fingerprint density at radius 3 is 2.30 bits per heavy atom. The van der Waals surface area contributed by atoms with Crippen LogP contribution in [0.1, 0.15) is 43.0 Å². The number of unbranched alkanes of at least 4 members (excludes halogenated alkanes) is 3. The molecule has 3 rings (SSSR count). The predicted molar refractivity (Wildman–Crippen MR) is 135 cm³/mol. The zero-order valence-electron chi connectivity index (χ0n) is 18.4. The smallest absolute Gasteiger partial charge is 0.261 e. The molecule has 174 valence electrons. The van der Waals surface area contributed by atoms with E-state index in [1.165, 1.54) is 25.0 Å². The second-order valence-corrected chi connectivity index (χ2v) is 10.0. The number of sulfonamides is 1. The topological polar surface area (TPSA) is 84.5 Å². The van der Waals surface area contributed by atoms with Crippen LogP contribution in [-0.4, -0.2) is 20.9 Å². The number of rotatable bonds is 11. The highest BCUT2D eigenvalue weighted by atomic mass is 79.9. The fraction of sp³-hybridized carbons (Fsp3) is 0.240. The Kier molecular flexibility index (Phi) is 8.91. The molecule has 3 aromatic carbocycles. The predicted octanol–water partition coefficient (Wildman–Crippen LogP) is 6.46. The fourth-order valence-corrected chi connectivity index (χ4v) is 4.66. The molecule has 2 N–H and O–H groups in total. The van der Waals surface area contributed by atoms with E-state index in [4.69, 9.17) is 4.74 Å². The van der Waals surface area contributed by atoms with E-state index in [0.717, 1.165) is 12.8 Å². The van der Waals surface area contributed by atoms with Gasteiger partial charge in [-0.1, -0.05) is 44.4 Å². The number of carbonyl (C=O) groups excluding carboxylic acids is 1. The van der Waals surface area contributed by atoms with Crippen LogP contribution in [0.5, 0.6) is 5.75 Å². The second-order valence-electron chi connectivity index (χ2n) is 7.50. The summed E-state index contributed by atoms with van der Waals surface area (Å²) in [5, 5.41) is 2.78. The minimum absolute atomic E-state index is 0.104. The maximum atomic E-state index is 12.6. The first-order valence-electron chi connectivity index (χ1n) is 10.8. The zero-order valence-corrected chi connectivity index (χ0v) is 20.8. The molecule has 1 amide bonds. The van der Waals surface area contributed by atoms with Gasteiger partial charge in [0.1, 0.15) is 5.75 Å². The lowest BCUT2D eigenvalue weighted by Gasteiger charge is -2.11. The lowest BCUT2D eigenvalue weighted by atomic mass is 10.2. The lowest BCUT2D eigenvalue weighted by molar-refractivity contribution is 0.102. The van der Waals surface area contributed by atoms with Crippen LogP contribution >= 0.6 is 15.9 Å². The summed E-state index contributed by atoms with van der Waals surface area (Å²) in [6.45, 7) is 2.80. The van der Waals surface area contributed by atoms with E-state index >= 15 is 0 Å². The third-order valence-corrected chi connectivity index (χ3v) is 6.91. The Balaban J connectivity index is 1.59. The van der Waals surface area contributed by atoms with Gasteiger partial charge >= 0.3 is 0 Å². The third kappa shape index (κ3) is 7.33. The molecule has 0 aliphatic rings. The summed E-state index contributed by atoms with van der Waals surface area (Å²) in [5.74, 6) is 0.395. The molecule has 0 aromatic heterocycles. The summed E-state index contributed by atoms with van der Waals surface area (Å²) in [5.41, 5.74) is 1.43. The summed E-state index contributed by atoms with van der Waals surface area (Å²) < 4.78 is 34.1. The van der Waals surface area contributed by atoms with E-state index in [-0.39, 0.29) is 10.8 Å². The minimum Gasteiger partial charge on any atom is -0.492 e. The molecule has 0 fully saturated rings. The number of halogens is 1. The first-order valence-corrected chi connectivity index (χ1v) is 13.1. The maximum Gasteiger partial charge on any atom is 0.261 e. The summed E-state index contributed by atoms with van der Waals surface area (Å²) in [6.07, 6.45) is 4.50. The van der Waals surface area contributed by atoms with Gasteiger partial charge in [0.25, 0.3) is 15.9 Å². The average molecular weight is 531 g/mol. The van der Waals surface area contributed by atoms with Gasteiger partial charge in [0.2, 0.25) is 0 Å². The van der Waals surface area contributed by atoms with Crippen molar-refractivity contribution in [3.8, 4) is 5.75 Å². The quantitative estimate of drug-likeness (QED) is 0.278. The first-order chi connectivity index (χ1) is 15.9. The molecule has 6 nitrogen and oxygen atoms in total. The van der Waals surface area contributed by atoms with Crippen molar-refractivity contribution in [3.05, 3.63) is 82.8 Å². The molecule has 0 heterocycles. The van der Waals surface area contributed by atoms with E-state index in [1.54, 1.807) is 54.6 Å². The van der Waals surface area contributed by atoms with E-state index in [9.17, 15) is 13.2 Å². The second kappa shape index (κ2) is 11.9. The summed E-state index contributed by atoms with van der Waals surface area (Å²) >= 11 is 3.46. The van der Waals surface area contributed by atoms with Crippen LogP contribution < -0.4 is 14.8 Å². The van der Waals surface area contributed by atoms with Gasteiger partial charge in [-0.15, -0.1) is 0 Å². The number of benzene rings is 3. The van der Waals surface area contributed by atoms with Gasteiger partial charge in [-0.05, 0) is 76.9 Å². The van der Waals surface area contributed by atoms with Gasteiger partial charge in [-0.3, -0.25) is 9.52 Å². The van der Waals surface area contributed by atoms with Crippen molar-refractivity contribution in [2.24, 2.45) is 0 Å². The lowest BCUT2D eigenvalue weighted by Crippen LogP contribution is -2.14. The number of hydrogen-bond acceptors (Lipinski definition) is 4. The highest BCUT2D eigenvalue weighted by molar-refractivity contribution is 9.10. The SMILES string of the molecule is CCCCCCOc1ccc(C(=O)Nc2ccc(S(=O)(=O)Nc3ccccc3)cc2)cc1Br. The van der Waals surface area contributed by atoms with Crippen LogP contribution in [0, 0.1) is 0 Å². The van der Waals surface area contributed by atoms with Gasteiger partial charge in [0.15, 0.2) is 0 Å². The van der Waals surface area contributed by atoms with Gasteiger partial charge in [0.05, 0.1) is 16.0 Å². The van der Waals surface area contributed by atoms with Crippen molar-refractivity contribution < 1.29 is 17.9 Å². The van der Waals surface area contributed by atoms with Gasteiger partial charge < -0.3 is 10.1 Å². The van der Waals surface area contributed by atoms with Crippen molar-refractivity contribution in [2.75, 3.05) is 16.6 Å². The number of para-hydroxylation sites is 1. The van der Waals surface area contributed by atoms with Crippen molar-refractivity contribution in [1.29, 1.82) is 0 Å². The number of hydrogen-bond donors (Lipinski definition) is 2. The van der Waals surface area contributed by atoms with Crippen LogP contribution in [0.15, 0.2) is 82.2 Å². The Morgan fingerprint density at radius 1 is 0.909 bits per heavy atom. The summed E-state index contributed by atoms with van der Waals surface area (Å²) in [4.78, 5) is 12.7. The molecule has 0 spiro atoms. The molecule has 33 heavy (non-hydrogen) atoms. The molecule has 0 aliphatic carbocycles. The minimum atomic E-state index is -3.72. The van der Waals surface area contributed by atoms with Crippen molar-refractivity contribution in [2.45, 2.75) is 37.5 Å². The van der Waals surface area contributed by atoms with Crippen molar-refractivity contribution >= 4 is 43.2 Å². The van der Waals surface area contributed by atoms with E-state index in [2.05, 4.69) is 32.9 Å². The number of nitrogens with one attached hydrogen (secondary N) is 2. The van der Waals surface area contributed by atoms with Gasteiger partial charge in [0, 0.05) is 16.9 Å². The largest absolute Gasteiger partial charge is 0.492 e. The number of ether oxygens (including phenoxy) is 1. The van der Waals surface area contributed by atoms with Crippen LogP contribution in [0.25, 0.3) is 0 Å². The van der Waals surface area contributed by atoms with Crippen molar-refractivity contribution in [3.63, 3.8) is 0 Å². The summed E-state index contributed by atoms with van der Waals surface area (Å²) in [6, 6.07) is 19.8. The van der Waals surface area contributed by atoms with Crippen LogP contribution in [-0.2, 0) is 10.0 Å². The Hall–Kier alpha value is -2.84. The molecule has 8 heteroatoms. The highest BCUT2D eigenvalue weighted by Gasteiger charge is 2.15. The van der Waals surface area contributed by atoms with Crippen molar-refractivity contribution in [1.82, 2.24) is 0 Å². The molecule has 0 saturated heterocycles. The Morgan fingerprint density at radius 2 is 1.64 bits per heavy atom. The first kappa shape index (κ1) is 24.8. The molecule has 0 bridgehead atoms. The van der Waals surface area contributed by atoms with E-state index in [0.29, 0.717) is 33.8 Å². The van der Waals surface area contributed by atoms with E-state index in [1.807, 2.05) is 6.07 Å². The molecular weight excluding hydrogens is 504 g/mol. The van der Waals surface area contributed by atoms with Gasteiger partial charge in [-0.2, -0.15) is 0 Å². The summed E-state index contributed by atoms with van der Waals surface area (Å²) in [7, 11) is -3.72. The van der Waals surface area contributed by atoms with Gasteiger partial charge in [-0.25, -0.2) is 8.42 Å². The molecule has 0 unspecified atom stereocenters. The number of anilines is 2. The molecule has 3 aromatic rings. The number of amides is 1. The monoisotopic (exact) mass is 530 g/mol. The molecular formula is C25H27BrN2O4S. The normalized spacial score (nSPS) is 11.1. The van der Waals surface area contributed by atoms with Crippen LogP contribution in [0.2, 0.25) is 0 Å². The average Bonchev–Trinajstić information content (AvgIpc) is 2.80. The Bertz CT molecular complexity index is 1170. The molecule has 0 aliphatic heterocycles. The molecule has 0 radical (unpaired) electrons. The maximum absolute atomic E-state index is 12.6. The highest BCUT2D eigenvalue weighted by Crippen LogP contribution is 2.27. The standard InChI is InChI=1S/C25H27BrN2O4S/c1-2-3-4-8-17-32-24-16-11-19(18-23(24)26)25(29)27-20-12-14-22(15-13-20)33(30,31)28-21-9-6-5-7-10-21/h5-7,9-16,18,28H,2-4,8,17H2,1H3,(H,27,29). The van der Waals surface area contributed by atoms with E-state index < -0.39 is 10.0 Å². The van der Waals surface area contributed by atoms with Crippen LogP contribution in [0.3, 0.4) is 0 Å². The molecule has 0 atom stereocenters. The molecule has 0 saturated carbocycles. The third-order valence-electron chi connectivity index (χ3n) is 4.90. The zero-order chi connectivity index (χ0) is 23.7.